The van der Waals surface area contributed by atoms with Gasteiger partial charge in [-0.05, 0) is 55.9 Å². The van der Waals surface area contributed by atoms with Gasteiger partial charge in [0.1, 0.15) is 61.6 Å². The third kappa shape index (κ3) is 8.55. The summed E-state index contributed by atoms with van der Waals surface area (Å²) in [6.07, 6.45) is 5.59. The molecule has 0 fully saturated rings. The van der Waals surface area contributed by atoms with Crippen LogP contribution in [0.25, 0.3) is 10.8 Å². The average Bonchev–Trinajstić information content (AvgIpc) is 3.05. The van der Waals surface area contributed by atoms with Crippen molar-refractivity contribution in [3.63, 3.8) is 0 Å². The smallest absolute Gasteiger partial charge is 0.131 e. The molecule has 2 unspecified atom stereocenters. The van der Waals surface area contributed by atoms with E-state index in [4.69, 9.17) is 18.9 Å². The summed E-state index contributed by atoms with van der Waals surface area (Å²) in [7, 11) is 0. The molecule has 0 amide bonds. The first kappa shape index (κ1) is 31.4. The van der Waals surface area contributed by atoms with Crippen molar-refractivity contribution in [2.24, 2.45) is 5.92 Å². The lowest BCUT2D eigenvalue weighted by Crippen LogP contribution is -2.26. The van der Waals surface area contributed by atoms with Crippen LogP contribution in [0, 0.1) is 5.92 Å². The summed E-state index contributed by atoms with van der Waals surface area (Å²) in [4.78, 5) is 0. The summed E-state index contributed by atoms with van der Waals surface area (Å²) in [6, 6.07) is 27.0. The Morgan fingerprint density at radius 1 is 0.614 bits per heavy atom. The van der Waals surface area contributed by atoms with Crippen LogP contribution in [-0.2, 0) is 12.8 Å². The van der Waals surface area contributed by atoms with Crippen LogP contribution in [0.3, 0.4) is 0 Å². The maximum absolute atomic E-state index is 10.8. The van der Waals surface area contributed by atoms with Crippen molar-refractivity contribution in [1.29, 1.82) is 0 Å². The van der Waals surface area contributed by atoms with Gasteiger partial charge in [0, 0.05) is 21.9 Å². The monoisotopic (exact) mass is 596 g/mol. The van der Waals surface area contributed by atoms with Gasteiger partial charge in [0.15, 0.2) is 0 Å². The zero-order valence-corrected chi connectivity index (χ0v) is 25.8. The summed E-state index contributed by atoms with van der Waals surface area (Å²) in [5.74, 6) is 3.65. The number of aliphatic hydroxyl groups excluding tert-OH is 2. The Balaban J connectivity index is 1.36. The van der Waals surface area contributed by atoms with Crippen molar-refractivity contribution >= 4 is 10.8 Å². The Bertz CT molecular complexity index is 1500. The summed E-state index contributed by atoms with van der Waals surface area (Å²) in [5, 5.41) is 23.4. The normalized spacial score (nSPS) is 14.1. The first-order valence-electron chi connectivity index (χ1n) is 15.7. The van der Waals surface area contributed by atoms with Crippen LogP contribution in [0.2, 0.25) is 0 Å². The van der Waals surface area contributed by atoms with E-state index in [-0.39, 0.29) is 26.4 Å². The Labute approximate surface area is 260 Å². The number of allylic oxidation sites excluding steroid dienone is 2. The fourth-order valence-electron chi connectivity index (χ4n) is 5.56. The molecular formula is C38H44O6. The second-order valence-electron chi connectivity index (χ2n) is 11.9. The van der Waals surface area contributed by atoms with Gasteiger partial charge in [-0.25, -0.2) is 0 Å². The van der Waals surface area contributed by atoms with E-state index in [2.05, 4.69) is 19.9 Å². The van der Waals surface area contributed by atoms with Crippen molar-refractivity contribution in [3.8, 4) is 23.0 Å². The highest BCUT2D eigenvalue weighted by Gasteiger charge is 2.25. The minimum absolute atomic E-state index is 0.101. The summed E-state index contributed by atoms with van der Waals surface area (Å²) in [5.41, 5.74) is 3.55. The molecule has 0 aromatic heterocycles. The highest BCUT2D eigenvalue weighted by atomic mass is 16.5. The van der Waals surface area contributed by atoms with Crippen LogP contribution in [0.4, 0.5) is 0 Å². The van der Waals surface area contributed by atoms with Gasteiger partial charge in [0.05, 0.1) is 0 Å². The molecule has 0 aliphatic heterocycles. The first-order chi connectivity index (χ1) is 21.5. The van der Waals surface area contributed by atoms with Crippen molar-refractivity contribution in [2.45, 2.75) is 58.2 Å². The molecular weight excluding hydrogens is 552 g/mol. The number of benzene rings is 4. The zero-order chi connectivity index (χ0) is 30.7. The number of hydrogen-bond donors (Lipinski definition) is 2. The third-order valence-corrected chi connectivity index (χ3v) is 7.82. The molecule has 1 aliphatic carbocycles. The Kier molecular flexibility index (Phi) is 11.2. The third-order valence-electron chi connectivity index (χ3n) is 7.82. The van der Waals surface area contributed by atoms with Crippen LogP contribution in [0.1, 0.15) is 44.2 Å². The van der Waals surface area contributed by atoms with E-state index in [9.17, 15) is 10.2 Å². The molecule has 0 radical (unpaired) electrons. The van der Waals surface area contributed by atoms with E-state index in [0.29, 0.717) is 17.4 Å². The summed E-state index contributed by atoms with van der Waals surface area (Å²) >= 11 is 0. The molecule has 0 bridgehead atoms. The van der Waals surface area contributed by atoms with Crippen LogP contribution in [0.5, 0.6) is 23.0 Å². The number of para-hydroxylation sites is 2. The minimum atomic E-state index is -0.801. The molecule has 6 heteroatoms. The number of fused-ring (bicyclic) bond motifs is 2. The lowest BCUT2D eigenvalue weighted by atomic mass is 9.85. The Morgan fingerprint density at radius 2 is 1.09 bits per heavy atom. The maximum atomic E-state index is 10.8. The minimum Gasteiger partial charge on any atom is -0.491 e. The lowest BCUT2D eigenvalue weighted by Gasteiger charge is -2.27. The second kappa shape index (κ2) is 15.6. The number of aliphatic hydroxyl groups is 2. The van der Waals surface area contributed by atoms with Crippen LogP contribution in [0.15, 0.2) is 96.6 Å². The Hall–Kier alpha value is -4.00. The number of ether oxygens (including phenoxy) is 4. The molecule has 2 N–H and O–H groups in total. The second-order valence-corrected chi connectivity index (χ2v) is 11.9. The van der Waals surface area contributed by atoms with E-state index in [1.54, 1.807) is 0 Å². The molecule has 5 rings (SSSR count). The van der Waals surface area contributed by atoms with E-state index < -0.39 is 12.2 Å². The van der Waals surface area contributed by atoms with Gasteiger partial charge in [0.25, 0.3) is 0 Å². The molecule has 0 saturated heterocycles. The maximum Gasteiger partial charge on any atom is 0.131 e. The molecule has 0 spiro atoms. The molecule has 0 saturated carbocycles. The number of hydrogen-bond acceptors (Lipinski definition) is 6. The molecule has 44 heavy (non-hydrogen) atoms. The highest BCUT2D eigenvalue weighted by molar-refractivity contribution is 5.96. The van der Waals surface area contributed by atoms with Crippen molar-refractivity contribution in [2.75, 3.05) is 26.4 Å². The van der Waals surface area contributed by atoms with Crippen LogP contribution < -0.4 is 18.9 Å². The van der Waals surface area contributed by atoms with Gasteiger partial charge in [-0.15, -0.1) is 0 Å². The van der Waals surface area contributed by atoms with E-state index in [1.165, 1.54) is 12.0 Å². The SMILES string of the molecule is CC(C)CCCC1=CCc2c(c(OCC(O)COc3ccccc3)c3ccccc3c2OCC(O)COc2ccccc2)C1. The molecule has 4 aromatic rings. The van der Waals surface area contributed by atoms with E-state index >= 15 is 0 Å². The molecule has 1 aliphatic rings. The molecule has 232 valence electrons. The molecule has 2 atom stereocenters. The fourth-order valence-corrected chi connectivity index (χ4v) is 5.56. The molecule has 4 aromatic carbocycles. The topological polar surface area (TPSA) is 77.4 Å². The molecule has 6 nitrogen and oxygen atoms in total. The first-order valence-corrected chi connectivity index (χ1v) is 15.7. The van der Waals surface area contributed by atoms with Crippen molar-refractivity contribution < 1.29 is 29.2 Å². The average molecular weight is 597 g/mol. The predicted molar refractivity (Wildman–Crippen MR) is 175 cm³/mol. The lowest BCUT2D eigenvalue weighted by molar-refractivity contribution is 0.0616. The largest absolute Gasteiger partial charge is 0.491 e. The molecule has 0 heterocycles. The standard InChI is InChI=1S/C38H44O6/c1-27(2)12-11-13-28-20-21-35-36(22-28)38(44-26-30(40)24-42-32-16-7-4-8-17-32)34-19-10-9-18-33(34)37(35)43-25-29(39)23-41-31-14-5-3-6-15-31/h3-10,14-20,27,29-30,39-40H,11-13,21-26H2,1-2H3. The Morgan fingerprint density at radius 3 is 1.61 bits per heavy atom. The summed E-state index contributed by atoms with van der Waals surface area (Å²) in [6.45, 7) is 4.99. The van der Waals surface area contributed by atoms with Crippen LogP contribution >= 0.6 is 0 Å². The van der Waals surface area contributed by atoms with Crippen LogP contribution in [-0.4, -0.2) is 48.8 Å². The van der Waals surface area contributed by atoms with Gasteiger partial charge >= 0.3 is 0 Å². The fraction of sp³-hybridized carbons (Fsp3) is 0.368. The van der Waals surface area contributed by atoms with E-state index in [0.717, 1.165) is 59.1 Å². The van der Waals surface area contributed by atoms with Gasteiger partial charge in [0.2, 0.25) is 0 Å². The van der Waals surface area contributed by atoms with Crippen molar-refractivity contribution in [3.05, 3.63) is 108 Å². The van der Waals surface area contributed by atoms with Gasteiger partial charge in [-0.2, -0.15) is 0 Å². The van der Waals surface area contributed by atoms with Crippen molar-refractivity contribution in [1.82, 2.24) is 0 Å². The zero-order valence-electron chi connectivity index (χ0n) is 25.8. The highest BCUT2D eigenvalue weighted by Crippen LogP contribution is 2.44. The van der Waals surface area contributed by atoms with Gasteiger partial charge in [-0.3, -0.25) is 0 Å². The van der Waals surface area contributed by atoms with Gasteiger partial charge in [-0.1, -0.05) is 92.6 Å². The predicted octanol–water partition coefficient (Wildman–Crippen LogP) is 7.33. The quantitative estimate of drug-likeness (QED) is 0.132. The van der Waals surface area contributed by atoms with E-state index in [1.807, 2.05) is 84.9 Å². The number of rotatable bonds is 16. The summed E-state index contributed by atoms with van der Waals surface area (Å²) < 4.78 is 24.4. The van der Waals surface area contributed by atoms with Gasteiger partial charge < -0.3 is 29.2 Å².